The van der Waals surface area contributed by atoms with E-state index in [1.165, 1.54) is 6.42 Å². The van der Waals surface area contributed by atoms with Gasteiger partial charge in [0.2, 0.25) is 0 Å². The molecule has 0 aliphatic carbocycles. The Hall–Kier alpha value is -2.42. The number of aliphatic hydroxyl groups is 1. The minimum Gasteiger partial charge on any atom is -0.386 e. The van der Waals surface area contributed by atoms with Gasteiger partial charge in [-0.2, -0.15) is 5.26 Å². The maximum absolute atomic E-state index is 11.7. The first-order valence-electron chi connectivity index (χ1n) is 10.4. The fraction of sp³-hybridized carbons (Fsp3) is 0.280. The molecule has 0 bridgehead atoms. The molecular formula is C25H23Cl2N3O. The topological polar surface area (TPSA) is 60.1 Å². The number of rotatable bonds is 5. The summed E-state index contributed by atoms with van der Waals surface area (Å²) in [4.78, 5) is 6.89. The van der Waals surface area contributed by atoms with Crippen LogP contribution in [-0.2, 0) is 0 Å². The van der Waals surface area contributed by atoms with Crippen LogP contribution in [0.15, 0.2) is 60.8 Å². The number of hydrogen-bond acceptors (Lipinski definition) is 4. The largest absolute Gasteiger partial charge is 0.386 e. The zero-order valence-electron chi connectivity index (χ0n) is 17.0. The highest BCUT2D eigenvalue weighted by molar-refractivity contribution is 6.35. The Morgan fingerprint density at radius 1 is 0.968 bits per heavy atom. The van der Waals surface area contributed by atoms with Gasteiger partial charge in [0.15, 0.2) is 0 Å². The highest BCUT2D eigenvalue weighted by atomic mass is 35.5. The van der Waals surface area contributed by atoms with E-state index in [4.69, 9.17) is 23.2 Å². The quantitative estimate of drug-likeness (QED) is 0.502. The third-order valence-electron chi connectivity index (χ3n) is 5.76. The lowest BCUT2D eigenvalue weighted by molar-refractivity contribution is 0.0364. The lowest BCUT2D eigenvalue weighted by Gasteiger charge is -2.38. The Morgan fingerprint density at radius 3 is 2.29 bits per heavy atom. The summed E-state index contributed by atoms with van der Waals surface area (Å²) in [7, 11) is 0. The van der Waals surface area contributed by atoms with Crippen molar-refractivity contribution in [3.63, 3.8) is 0 Å². The number of nitriles is 1. The van der Waals surface area contributed by atoms with Gasteiger partial charge in [-0.05, 0) is 67.9 Å². The number of aliphatic hydroxyl groups excluding tert-OH is 1. The van der Waals surface area contributed by atoms with Gasteiger partial charge in [0, 0.05) is 27.4 Å². The number of halogens is 2. The maximum atomic E-state index is 11.7. The molecule has 1 aliphatic rings. The molecule has 3 aromatic rings. The fourth-order valence-corrected chi connectivity index (χ4v) is 4.83. The van der Waals surface area contributed by atoms with Gasteiger partial charge in [-0.15, -0.1) is 0 Å². The van der Waals surface area contributed by atoms with Gasteiger partial charge in [0.1, 0.15) is 6.10 Å². The normalized spacial score (nSPS) is 16.5. The van der Waals surface area contributed by atoms with Crippen molar-refractivity contribution in [2.75, 3.05) is 13.1 Å². The van der Waals surface area contributed by atoms with E-state index < -0.39 is 6.10 Å². The van der Waals surface area contributed by atoms with Crippen molar-refractivity contribution < 1.29 is 5.11 Å². The molecule has 1 N–H and O–H groups in total. The molecule has 1 aliphatic heterocycles. The summed E-state index contributed by atoms with van der Waals surface area (Å²) in [6.45, 7) is 1.83. The Kier molecular flexibility index (Phi) is 6.89. The van der Waals surface area contributed by atoms with Crippen LogP contribution >= 0.6 is 23.2 Å². The summed E-state index contributed by atoms with van der Waals surface area (Å²) in [5, 5.41) is 21.9. The molecular weight excluding hydrogens is 429 g/mol. The van der Waals surface area contributed by atoms with Gasteiger partial charge < -0.3 is 5.11 Å². The van der Waals surface area contributed by atoms with Gasteiger partial charge >= 0.3 is 0 Å². The summed E-state index contributed by atoms with van der Waals surface area (Å²) in [5.74, 6) is 0. The third-order valence-corrected chi connectivity index (χ3v) is 6.19. The molecule has 0 amide bonds. The van der Waals surface area contributed by atoms with E-state index in [0.29, 0.717) is 21.3 Å². The third kappa shape index (κ3) is 4.92. The molecule has 0 radical (unpaired) electrons. The molecule has 1 saturated heterocycles. The van der Waals surface area contributed by atoms with Gasteiger partial charge in [-0.25, -0.2) is 0 Å². The number of likely N-dealkylation sites (tertiary alicyclic amines) is 1. The van der Waals surface area contributed by atoms with Crippen LogP contribution in [0.2, 0.25) is 10.0 Å². The summed E-state index contributed by atoms with van der Waals surface area (Å²) in [6, 6.07) is 18.4. The van der Waals surface area contributed by atoms with E-state index in [2.05, 4.69) is 16.0 Å². The van der Waals surface area contributed by atoms with Crippen molar-refractivity contribution in [2.24, 2.45) is 0 Å². The monoisotopic (exact) mass is 451 g/mol. The number of aromatic nitrogens is 1. The van der Waals surface area contributed by atoms with Crippen molar-refractivity contribution in [1.29, 1.82) is 5.26 Å². The van der Waals surface area contributed by atoms with Crippen molar-refractivity contribution in [3.8, 4) is 17.3 Å². The number of nitrogens with zero attached hydrogens (tertiary/aromatic N) is 3. The number of benzene rings is 2. The van der Waals surface area contributed by atoms with E-state index in [-0.39, 0.29) is 6.04 Å². The molecule has 31 heavy (non-hydrogen) atoms. The van der Waals surface area contributed by atoms with Crippen LogP contribution in [0.3, 0.4) is 0 Å². The summed E-state index contributed by atoms with van der Waals surface area (Å²) < 4.78 is 0. The van der Waals surface area contributed by atoms with Crippen molar-refractivity contribution in [1.82, 2.24) is 9.88 Å². The minimum absolute atomic E-state index is 0.245. The van der Waals surface area contributed by atoms with E-state index >= 15 is 0 Å². The molecule has 2 heterocycles. The summed E-state index contributed by atoms with van der Waals surface area (Å²) in [5.41, 5.74) is 3.73. The van der Waals surface area contributed by atoms with E-state index in [9.17, 15) is 10.4 Å². The number of piperidine rings is 1. The smallest absolute Gasteiger partial charge is 0.101 e. The van der Waals surface area contributed by atoms with E-state index in [0.717, 1.165) is 42.6 Å². The lowest BCUT2D eigenvalue weighted by Crippen LogP contribution is -2.37. The molecule has 0 unspecified atom stereocenters. The van der Waals surface area contributed by atoms with Gasteiger partial charge in [0.05, 0.1) is 23.4 Å². The first-order chi connectivity index (χ1) is 15.1. The first kappa shape index (κ1) is 21.8. The predicted octanol–water partition coefficient (Wildman–Crippen LogP) is 6.19. The Morgan fingerprint density at radius 2 is 1.65 bits per heavy atom. The lowest BCUT2D eigenvalue weighted by atomic mass is 9.90. The minimum atomic E-state index is -0.813. The van der Waals surface area contributed by atoms with Crippen LogP contribution in [0.4, 0.5) is 0 Å². The van der Waals surface area contributed by atoms with Gasteiger partial charge in [0.25, 0.3) is 0 Å². The fourth-order valence-electron chi connectivity index (χ4n) is 4.30. The van der Waals surface area contributed by atoms with Crippen LogP contribution in [0.1, 0.15) is 48.1 Å². The van der Waals surface area contributed by atoms with Gasteiger partial charge in [-0.3, -0.25) is 9.88 Å². The van der Waals surface area contributed by atoms with Crippen LogP contribution in [0, 0.1) is 11.3 Å². The Balaban J connectivity index is 1.78. The van der Waals surface area contributed by atoms with Crippen molar-refractivity contribution >= 4 is 23.2 Å². The van der Waals surface area contributed by atoms with Crippen molar-refractivity contribution in [2.45, 2.75) is 31.4 Å². The maximum Gasteiger partial charge on any atom is 0.101 e. The number of hydrogen-bond donors (Lipinski definition) is 1. The molecule has 0 saturated carbocycles. The van der Waals surface area contributed by atoms with Crippen LogP contribution < -0.4 is 0 Å². The van der Waals surface area contributed by atoms with Crippen molar-refractivity contribution in [3.05, 3.63) is 87.5 Å². The average Bonchev–Trinajstić information content (AvgIpc) is 2.80. The molecule has 0 spiro atoms. The zero-order chi connectivity index (χ0) is 21.8. The van der Waals surface area contributed by atoms with Crippen LogP contribution in [0.5, 0.6) is 0 Å². The highest BCUT2D eigenvalue weighted by Gasteiger charge is 2.31. The molecule has 158 valence electrons. The molecule has 4 rings (SSSR count). The second kappa shape index (κ2) is 9.80. The second-order valence-electron chi connectivity index (χ2n) is 7.82. The summed E-state index contributed by atoms with van der Waals surface area (Å²) in [6.07, 6.45) is 4.30. The van der Waals surface area contributed by atoms with Crippen LogP contribution in [-0.4, -0.2) is 28.1 Å². The molecule has 6 heteroatoms. The molecule has 2 atom stereocenters. The summed E-state index contributed by atoms with van der Waals surface area (Å²) >= 11 is 12.5. The molecule has 4 nitrogen and oxygen atoms in total. The SMILES string of the molecule is N#Cc1ccc([C@@H]([C@H](O)c2cccnc2-c2cc(Cl)cc(Cl)c2)N2CCCCC2)cc1. The number of pyridine rings is 1. The first-order valence-corrected chi connectivity index (χ1v) is 11.2. The van der Waals surface area contributed by atoms with Gasteiger partial charge in [-0.1, -0.05) is 47.8 Å². The Labute approximate surface area is 192 Å². The standard InChI is InChI=1S/C25H23Cl2N3O/c26-20-13-19(14-21(27)15-20)23-22(5-4-10-29-23)25(31)24(30-11-2-1-3-12-30)18-8-6-17(16-28)7-9-18/h4-10,13-15,24-25,31H,1-3,11-12H2/t24-,25+/m0/s1. The Bertz CT molecular complexity index is 1070. The van der Waals surface area contributed by atoms with E-state index in [1.807, 2.05) is 36.4 Å². The second-order valence-corrected chi connectivity index (χ2v) is 8.69. The molecule has 1 fully saturated rings. The zero-order valence-corrected chi connectivity index (χ0v) is 18.5. The predicted molar refractivity (Wildman–Crippen MR) is 124 cm³/mol. The molecule has 1 aromatic heterocycles. The van der Waals surface area contributed by atoms with Crippen LogP contribution in [0.25, 0.3) is 11.3 Å². The molecule has 2 aromatic carbocycles. The van der Waals surface area contributed by atoms with E-state index in [1.54, 1.807) is 24.4 Å². The highest BCUT2D eigenvalue weighted by Crippen LogP contribution is 2.39. The average molecular weight is 452 g/mol.